The number of primary sulfonamides is 1. The van der Waals surface area contributed by atoms with Crippen LogP contribution in [0.3, 0.4) is 0 Å². The van der Waals surface area contributed by atoms with E-state index in [9.17, 15) is 13.2 Å². The van der Waals surface area contributed by atoms with Gasteiger partial charge in [0, 0.05) is 29.3 Å². The average molecular weight is 511 g/mol. The zero-order valence-electron chi connectivity index (χ0n) is 18.7. The van der Waals surface area contributed by atoms with Crippen LogP contribution in [0.25, 0.3) is 17.1 Å². The third kappa shape index (κ3) is 6.04. The van der Waals surface area contributed by atoms with Crippen LogP contribution in [0.2, 0.25) is 0 Å². The van der Waals surface area contributed by atoms with E-state index in [0.29, 0.717) is 23.3 Å². The van der Waals surface area contributed by atoms with Crippen LogP contribution in [0.15, 0.2) is 83.1 Å². The summed E-state index contributed by atoms with van der Waals surface area (Å²) in [6.07, 6.45) is 3.35. The van der Waals surface area contributed by atoms with Crippen LogP contribution in [0, 0.1) is 0 Å². The van der Waals surface area contributed by atoms with Crippen LogP contribution in [-0.4, -0.2) is 46.4 Å². The van der Waals surface area contributed by atoms with Gasteiger partial charge in [-0.2, -0.15) is 0 Å². The second-order valence-corrected chi connectivity index (χ2v) is 9.71. The number of pyridine rings is 1. The van der Waals surface area contributed by atoms with E-state index in [1.54, 1.807) is 12.4 Å². The fourth-order valence-electron chi connectivity index (χ4n) is 3.20. The average Bonchev–Trinajstić information content (AvgIpc) is 3.28. The van der Waals surface area contributed by atoms with Gasteiger partial charge in [0.15, 0.2) is 11.0 Å². The lowest BCUT2D eigenvalue weighted by atomic mass is 10.2. The number of nitrogens with one attached hydrogen (secondary N) is 1. The first kappa shape index (κ1) is 24.4. The summed E-state index contributed by atoms with van der Waals surface area (Å²) in [4.78, 5) is 16.6. The number of carbonyl (C=O) groups excluding carboxylic acids is 1. The quantitative estimate of drug-likeness (QED) is 0.327. The van der Waals surface area contributed by atoms with Gasteiger partial charge in [0.25, 0.3) is 0 Å². The van der Waals surface area contributed by atoms with Crippen molar-refractivity contribution in [2.45, 2.75) is 17.0 Å². The van der Waals surface area contributed by atoms with Gasteiger partial charge in [-0.1, -0.05) is 11.8 Å². The van der Waals surface area contributed by atoms with Crippen molar-refractivity contribution in [3.63, 3.8) is 0 Å². The lowest BCUT2D eigenvalue weighted by Crippen LogP contribution is -2.15. The van der Waals surface area contributed by atoms with E-state index in [4.69, 9.17) is 9.88 Å². The van der Waals surface area contributed by atoms with E-state index in [1.807, 2.05) is 47.9 Å². The Balaban J connectivity index is 1.54. The molecule has 0 saturated heterocycles. The van der Waals surface area contributed by atoms with Crippen molar-refractivity contribution in [1.29, 1.82) is 0 Å². The summed E-state index contributed by atoms with van der Waals surface area (Å²) in [6, 6.07) is 16.8. The van der Waals surface area contributed by atoms with Crippen molar-refractivity contribution in [3.05, 3.63) is 73.1 Å². The van der Waals surface area contributed by atoms with E-state index in [-0.39, 0.29) is 16.6 Å². The number of hydrogen-bond acceptors (Lipinski definition) is 8. The number of ether oxygens (including phenoxy) is 1. The Labute approximate surface area is 206 Å². The summed E-state index contributed by atoms with van der Waals surface area (Å²) in [6.45, 7) is 2.48. The minimum atomic E-state index is -3.80. The van der Waals surface area contributed by atoms with Crippen LogP contribution in [-0.2, 0) is 14.8 Å². The predicted octanol–water partition coefficient (Wildman–Crippen LogP) is 3.11. The highest BCUT2D eigenvalue weighted by atomic mass is 32.2. The maximum atomic E-state index is 12.6. The fraction of sp³-hybridized carbons (Fsp3) is 0.130. The molecule has 4 rings (SSSR count). The first-order chi connectivity index (χ1) is 16.8. The molecule has 0 aliphatic rings. The Morgan fingerprint density at radius 2 is 1.71 bits per heavy atom. The van der Waals surface area contributed by atoms with Gasteiger partial charge < -0.3 is 10.1 Å². The molecule has 3 N–H and O–H groups in total. The number of nitrogens with two attached hydrogens (primary N) is 1. The normalized spacial score (nSPS) is 11.3. The number of anilines is 1. The van der Waals surface area contributed by atoms with Gasteiger partial charge in [-0.15, -0.1) is 10.2 Å². The highest BCUT2D eigenvalue weighted by Gasteiger charge is 2.18. The number of rotatable bonds is 9. The predicted molar refractivity (Wildman–Crippen MR) is 133 cm³/mol. The third-order valence-corrected chi connectivity index (χ3v) is 6.63. The van der Waals surface area contributed by atoms with Gasteiger partial charge in [0.05, 0.1) is 17.3 Å². The number of nitrogens with zero attached hydrogens (tertiary/aromatic N) is 4. The monoisotopic (exact) mass is 510 g/mol. The molecule has 1 amide bonds. The molecule has 2 aromatic carbocycles. The molecule has 0 aliphatic heterocycles. The van der Waals surface area contributed by atoms with E-state index in [1.165, 1.54) is 36.0 Å². The van der Waals surface area contributed by atoms with Crippen LogP contribution < -0.4 is 15.2 Å². The lowest BCUT2D eigenvalue weighted by Gasteiger charge is -2.11. The Morgan fingerprint density at radius 3 is 2.34 bits per heavy atom. The number of sulfonamides is 1. The standard InChI is InChI=1S/C23H22N6O4S2/c1-2-33-19-7-5-18(6-8-19)29-22(16-11-13-25-14-12-16)27-28-23(29)34-15-21(30)26-17-3-9-20(10-4-17)35(24,31)32/h3-14H,2,15H2,1H3,(H,26,30)(H2,24,31,32). The van der Waals surface area contributed by atoms with Gasteiger partial charge in [-0.05, 0) is 67.6 Å². The Bertz CT molecular complexity index is 1410. The van der Waals surface area contributed by atoms with Crippen LogP contribution in [0.1, 0.15) is 6.92 Å². The summed E-state index contributed by atoms with van der Waals surface area (Å²) in [5.41, 5.74) is 2.09. The maximum Gasteiger partial charge on any atom is 0.238 e. The number of amides is 1. The molecule has 0 atom stereocenters. The first-order valence-electron chi connectivity index (χ1n) is 10.5. The zero-order chi connectivity index (χ0) is 24.8. The topological polar surface area (TPSA) is 142 Å². The van der Waals surface area contributed by atoms with Crippen molar-refractivity contribution < 1.29 is 17.9 Å². The van der Waals surface area contributed by atoms with Gasteiger partial charge >= 0.3 is 0 Å². The summed E-state index contributed by atoms with van der Waals surface area (Å²) < 4.78 is 30.2. The first-order valence-corrected chi connectivity index (χ1v) is 13.0. The largest absolute Gasteiger partial charge is 0.494 e. The molecule has 0 radical (unpaired) electrons. The van der Waals surface area contributed by atoms with Gasteiger partial charge in [0.1, 0.15) is 5.75 Å². The highest BCUT2D eigenvalue weighted by molar-refractivity contribution is 7.99. The number of hydrogen-bond donors (Lipinski definition) is 2. The SMILES string of the molecule is CCOc1ccc(-n2c(SCC(=O)Nc3ccc(S(N)(=O)=O)cc3)nnc2-c2ccncc2)cc1. The molecule has 2 aromatic heterocycles. The molecule has 0 unspecified atom stereocenters. The van der Waals surface area contributed by atoms with E-state index >= 15 is 0 Å². The van der Waals surface area contributed by atoms with E-state index in [2.05, 4.69) is 20.5 Å². The number of thioether (sulfide) groups is 1. The number of aromatic nitrogens is 4. The van der Waals surface area contributed by atoms with Gasteiger partial charge in [-0.25, -0.2) is 13.6 Å². The molecule has 0 fully saturated rings. The fourth-order valence-corrected chi connectivity index (χ4v) is 4.46. The molecule has 0 spiro atoms. The van der Waals surface area contributed by atoms with Crippen LogP contribution >= 0.6 is 11.8 Å². The Hall–Kier alpha value is -3.74. The van der Waals surface area contributed by atoms with Gasteiger partial charge in [0.2, 0.25) is 15.9 Å². The van der Waals surface area contributed by atoms with Crippen molar-refractivity contribution in [3.8, 4) is 22.8 Å². The third-order valence-electron chi connectivity index (χ3n) is 4.78. The molecule has 2 heterocycles. The molecule has 0 bridgehead atoms. The number of benzene rings is 2. The van der Waals surface area contributed by atoms with Crippen LogP contribution in [0.5, 0.6) is 5.75 Å². The molecule has 4 aromatic rings. The van der Waals surface area contributed by atoms with E-state index in [0.717, 1.165) is 17.0 Å². The maximum absolute atomic E-state index is 12.6. The Morgan fingerprint density at radius 1 is 1.03 bits per heavy atom. The van der Waals surface area contributed by atoms with Crippen molar-refractivity contribution in [2.24, 2.45) is 5.14 Å². The van der Waals surface area contributed by atoms with Gasteiger partial charge in [-0.3, -0.25) is 14.3 Å². The number of carbonyl (C=O) groups is 1. The van der Waals surface area contributed by atoms with Crippen molar-refractivity contribution in [1.82, 2.24) is 19.7 Å². The molecule has 0 saturated carbocycles. The molecule has 180 valence electrons. The second-order valence-electron chi connectivity index (χ2n) is 7.21. The molecule has 12 heteroatoms. The summed E-state index contributed by atoms with van der Waals surface area (Å²) in [7, 11) is -3.80. The molecular weight excluding hydrogens is 488 g/mol. The highest BCUT2D eigenvalue weighted by Crippen LogP contribution is 2.29. The minimum absolute atomic E-state index is 0.0306. The molecule has 10 nitrogen and oxygen atoms in total. The van der Waals surface area contributed by atoms with E-state index < -0.39 is 10.0 Å². The lowest BCUT2D eigenvalue weighted by molar-refractivity contribution is -0.113. The molecular formula is C23H22N6O4S2. The Kier molecular flexibility index (Phi) is 7.44. The summed E-state index contributed by atoms with van der Waals surface area (Å²) in [5.74, 6) is 1.13. The summed E-state index contributed by atoms with van der Waals surface area (Å²) >= 11 is 1.22. The minimum Gasteiger partial charge on any atom is -0.494 e. The van der Waals surface area contributed by atoms with Crippen molar-refractivity contribution >= 4 is 33.4 Å². The van der Waals surface area contributed by atoms with Crippen molar-refractivity contribution in [2.75, 3.05) is 17.7 Å². The van der Waals surface area contributed by atoms with Crippen LogP contribution in [0.4, 0.5) is 5.69 Å². The zero-order valence-corrected chi connectivity index (χ0v) is 20.3. The summed E-state index contributed by atoms with van der Waals surface area (Å²) in [5, 5.41) is 17.0. The molecule has 35 heavy (non-hydrogen) atoms. The smallest absolute Gasteiger partial charge is 0.238 e. The molecule has 0 aliphatic carbocycles. The second kappa shape index (κ2) is 10.7.